The van der Waals surface area contributed by atoms with Crippen LogP contribution in [0.15, 0.2) is 29.3 Å². The second kappa shape index (κ2) is 8.92. The third-order valence-electron chi connectivity index (χ3n) is 3.87. The Morgan fingerprint density at radius 2 is 2.09 bits per heavy atom. The van der Waals surface area contributed by atoms with Crippen LogP contribution in [-0.4, -0.2) is 38.7 Å². The Kier molecular flexibility index (Phi) is 7.56. The largest absolute Gasteiger partial charge is 0.497 e. The topological polar surface area (TPSA) is 112 Å². The molecule has 1 aromatic rings. The first-order valence-electron chi connectivity index (χ1n) is 7.14. The van der Waals surface area contributed by atoms with E-state index >= 15 is 0 Å². The van der Waals surface area contributed by atoms with Crippen molar-refractivity contribution >= 4 is 41.5 Å². The van der Waals surface area contributed by atoms with Crippen LogP contribution in [0.1, 0.15) is 12.8 Å². The smallest absolute Gasteiger partial charge is 0.225 e. The minimum atomic E-state index is -0.668. The van der Waals surface area contributed by atoms with E-state index in [2.05, 4.69) is 10.3 Å². The number of hydrogen-bond acceptors (Lipinski definition) is 4. The summed E-state index contributed by atoms with van der Waals surface area (Å²) in [5.74, 6) is 0.602. The fourth-order valence-corrected chi connectivity index (χ4v) is 2.37. The molecule has 0 unspecified atom stereocenters. The molecule has 0 aromatic heterocycles. The molecule has 2 rings (SSSR count). The maximum Gasteiger partial charge on any atom is 0.225 e. The summed E-state index contributed by atoms with van der Waals surface area (Å²) < 4.78 is 10.4. The summed E-state index contributed by atoms with van der Waals surface area (Å²) in [5.41, 5.74) is 11.5. The molecule has 0 saturated carbocycles. The van der Waals surface area contributed by atoms with E-state index in [1.807, 2.05) is 18.2 Å². The lowest BCUT2D eigenvalue weighted by molar-refractivity contribution is -0.132. The number of amides is 1. The SMILES string of the molecule is COc1cccc(NC(N)=NCC2(C(N)=O)CCOCC2)c1.I. The standard InChI is InChI=1S/C15H22N4O3.HI/c1-21-12-4-2-3-11(9-12)19-14(17)18-10-15(13(16)20)5-7-22-8-6-15;/h2-4,9H,5-8,10H2,1H3,(H2,16,20)(H3,17,18,19);1H. The highest BCUT2D eigenvalue weighted by molar-refractivity contribution is 14.0. The van der Waals surface area contributed by atoms with Crippen LogP contribution < -0.4 is 21.5 Å². The predicted octanol–water partition coefficient (Wildman–Crippen LogP) is 1.32. The van der Waals surface area contributed by atoms with Crippen LogP contribution in [0, 0.1) is 5.41 Å². The Hall–Kier alpha value is -1.55. The number of guanidine groups is 1. The van der Waals surface area contributed by atoms with Crippen molar-refractivity contribution in [3.05, 3.63) is 24.3 Å². The number of methoxy groups -OCH3 is 1. The van der Waals surface area contributed by atoms with Gasteiger partial charge in [0.15, 0.2) is 5.96 Å². The van der Waals surface area contributed by atoms with E-state index in [1.165, 1.54) is 0 Å². The zero-order chi connectivity index (χ0) is 16.0. The van der Waals surface area contributed by atoms with E-state index in [0.29, 0.717) is 26.1 Å². The zero-order valence-electron chi connectivity index (χ0n) is 13.1. The molecule has 1 aliphatic heterocycles. The number of halogens is 1. The molecule has 1 amide bonds. The van der Waals surface area contributed by atoms with E-state index in [-0.39, 0.29) is 42.4 Å². The van der Waals surface area contributed by atoms with Gasteiger partial charge in [-0.1, -0.05) is 6.07 Å². The predicted molar refractivity (Wildman–Crippen MR) is 100 cm³/mol. The summed E-state index contributed by atoms with van der Waals surface area (Å²) >= 11 is 0. The van der Waals surface area contributed by atoms with E-state index in [0.717, 1.165) is 11.4 Å². The van der Waals surface area contributed by atoms with Crippen molar-refractivity contribution in [3.8, 4) is 5.75 Å². The first kappa shape index (κ1) is 19.5. The van der Waals surface area contributed by atoms with Crippen molar-refractivity contribution in [1.29, 1.82) is 0 Å². The lowest BCUT2D eigenvalue weighted by Crippen LogP contribution is -2.44. The van der Waals surface area contributed by atoms with Crippen molar-refractivity contribution in [2.24, 2.45) is 21.9 Å². The summed E-state index contributed by atoms with van der Waals surface area (Å²) in [6, 6.07) is 7.34. The summed E-state index contributed by atoms with van der Waals surface area (Å²) in [5, 5.41) is 2.98. The van der Waals surface area contributed by atoms with Gasteiger partial charge >= 0.3 is 0 Å². The molecule has 1 aliphatic rings. The van der Waals surface area contributed by atoms with Crippen molar-refractivity contribution in [2.45, 2.75) is 12.8 Å². The molecule has 1 aromatic carbocycles. The monoisotopic (exact) mass is 434 g/mol. The molecule has 0 atom stereocenters. The van der Waals surface area contributed by atoms with Gasteiger partial charge in [-0.15, -0.1) is 24.0 Å². The van der Waals surface area contributed by atoms with Gasteiger partial charge in [0.1, 0.15) is 5.75 Å². The summed E-state index contributed by atoms with van der Waals surface area (Å²) in [6.45, 7) is 1.29. The summed E-state index contributed by atoms with van der Waals surface area (Å²) in [6.07, 6.45) is 1.14. The Balaban J connectivity index is 0.00000264. The van der Waals surface area contributed by atoms with Crippen LogP contribution in [0.25, 0.3) is 0 Å². The van der Waals surface area contributed by atoms with Gasteiger partial charge in [0, 0.05) is 25.0 Å². The second-order valence-corrected chi connectivity index (χ2v) is 5.32. The van der Waals surface area contributed by atoms with Crippen molar-refractivity contribution in [1.82, 2.24) is 0 Å². The second-order valence-electron chi connectivity index (χ2n) is 5.32. The van der Waals surface area contributed by atoms with E-state index in [9.17, 15) is 4.79 Å². The van der Waals surface area contributed by atoms with Crippen LogP contribution in [-0.2, 0) is 9.53 Å². The minimum absolute atomic E-state index is 0. The number of hydrogen-bond donors (Lipinski definition) is 3. The number of nitrogens with one attached hydrogen (secondary N) is 1. The Morgan fingerprint density at radius 1 is 1.39 bits per heavy atom. The molecule has 128 valence electrons. The summed E-state index contributed by atoms with van der Waals surface area (Å²) in [7, 11) is 1.60. The van der Waals surface area contributed by atoms with Gasteiger partial charge in [0.05, 0.1) is 19.1 Å². The fourth-order valence-electron chi connectivity index (χ4n) is 2.37. The Labute approximate surface area is 152 Å². The van der Waals surface area contributed by atoms with Crippen molar-refractivity contribution < 1.29 is 14.3 Å². The lowest BCUT2D eigenvalue weighted by atomic mass is 9.79. The first-order valence-corrected chi connectivity index (χ1v) is 7.14. The maximum absolute atomic E-state index is 11.8. The molecule has 1 fully saturated rings. The average molecular weight is 434 g/mol. The molecular formula is C15H23IN4O3. The molecule has 0 aliphatic carbocycles. The van der Waals surface area contributed by atoms with Gasteiger partial charge in [-0.05, 0) is 25.0 Å². The number of rotatable bonds is 5. The molecule has 5 N–H and O–H groups in total. The van der Waals surface area contributed by atoms with Crippen molar-refractivity contribution in [3.63, 3.8) is 0 Å². The highest BCUT2D eigenvalue weighted by Gasteiger charge is 2.38. The van der Waals surface area contributed by atoms with Crippen LogP contribution in [0.3, 0.4) is 0 Å². The summed E-state index contributed by atoms with van der Waals surface area (Å²) in [4.78, 5) is 16.0. The van der Waals surface area contributed by atoms with Crippen molar-refractivity contribution in [2.75, 3.05) is 32.2 Å². The van der Waals surface area contributed by atoms with Gasteiger partial charge in [0.2, 0.25) is 5.91 Å². The number of nitrogens with two attached hydrogens (primary N) is 2. The lowest BCUT2D eigenvalue weighted by Gasteiger charge is -2.32. The number of anilines is 1. The van der Waals surface area contributed by atoms with E-state index < -0.39 is 5.41 Å². The molecule has 7 nitrogen and oxygen atoms in total. The van der Waals surface area contributed by atoms with Gasteiger partial charge in [0.25, 0.3) is 0 Å². The molecular weight excluding hydrogens is 411 g/mol. The molecule has 0 radical (unpaired) electrons. The first-order chi connectivity index (χ1) is 10.6. The molecule has 0 spiro atoms. The number of benzene rings is 1. The molecule has 0 bridgehead atoms. The normalized spacial score (nSPS) is 17.0. The van der Waals surface area contributed by atoms with Crippen LogP contribution >= 0.6 is 24.0 Å². The number of aliphatic imine (C=N–C) groups is 1. The molecule has 8 heteroatoms. The minimum Gasteiger partial charge on any atom is -0.497 e. The third kappa shape index (κ3) is 5.24. The maximum atomic E-state index is 11.8. The van der Waals surface area contributed by atoms with Crippen LogP contribution in [0.5, 0.6) is 5.75 Å². The third-order valence-corrected chi connectivity index (χ3v) is 3.87. The number of primary amides is 1. The Bertz CT molecular complexity index is 559. The van der Waals surface area contributed by atoms with Gasteiger partial charge in [-0.25, -0.2) is 0 Å². The molecule has 23 heavy (non-hydrogen) atoms. The fraction of sp³-hybridized carbons (Fsp3) is 0.467. The number of ether oxygens (including phenoxy) is 2. The number of carbonyl (C=O) groups is 1. The highest BCUT2D eigenvalue weighted by atomic mass is 127. The average Bonchev–Trinajstić information content (AvgIpc) is 2.54. The van der Waals surface area contributed by atoms with E-state index in [1.54, 1.807) is 13.2 Å². The number of carbonyl (C=O) groups excluding carboxylic acids is 1. The van der Waals surface area contributed by atoms with Gasteiger partial charge in [-0.3, -0.25) is 9.79 Å². The number of nitrogens with zero attached hydrogens (tertiary/aromatic N) is 1. The van der Waals surface area contributed by atoms with E-state index in [4.69, 9.17) is 20.9 Å². The zero-order valence-corrected chi connectivity index (χ0v) is 15.4. The highest BCUT2D eigenvalue weighted by Crippen LogP contribution is 2.30. The van der Waals surface area contributed by atoms with Gasteiger partial charge < -0.3 is 26.3 Å². The van der Waals surface area contributed by atoms with Crippen LogP contribution in [0.2, 0.25) is 0 Å². The molecule has 1 heterocycles. The Morgan fingerprint density at radius 3 is 2.70 bits per heavy atom. The van der Waals surface area contributed by atoms with Gasteiger partial charge in [-0.2, -0.15) is 0 Å². The quantitative estimate of drug-likeness (QED) is 0.368. The molecule has 1 saturated heterocycles. The van der Waals surface area contributed by atoms with Crippen LogP contribution in [0.4, 0.5) is 5.69 Å².